The van der Waals surface area contributed by atoms with Gasteiger partial charge in [-0.1, -0.05) is 6.92 Å². The highest BCUT2D eigenvalue weighted by molar-refractivity contribution is 7.99. The number of anilines is 2. The topological polar surface area (TPSA) is 84.1 Å². The van der Waals surface area contributed by atoms with E-state index in [0.29, 0.717) is 5.82 Å². The Bertz CT molecular complexity index is 321. The number of nitrogens with zero attached hydrogens (tertiary/aromatic N) is 2. The molecule has 0 aliphatic carbocycles. The third-order valence-corrected chi connectivity index (χ3v) is 3.04. The molecule has 0 bridgehead atoms. The van der Waals surface area contributed by atoms with E-state index in [0.717, 1.165) is 10.8 Å². The van der Waals surface area contributed by atoms with E-state index in [1.165, 1.54) is 0 Å². The van der Waals surface area contributed by atoms with Gasteiger partial charge >= 0.3 is 0 Å². The molecule has 1 aromatic rings. The van der Waals surface area contributed by atoms with Gasteiger partial charge in [-0.3, -0.25) is 0 Å². The summed E-state index contributed by atoms with van der Waals surface area (Å²) in [4.78, 5) is 8.09. The first-order valence-corrected chi connectivity index (χ1v) is 5.70. The van der Waals surface area contributed by atoms with Crippen LogP contribution in [0.3, 0.4) is 0 Å². The fourth-order valence-corrected chi connectivity index (χ4v) is 1.84. The molecule has 0 radical (unpaired) electrons. The maximum absolute atomic E-state index is 8.89. The summed E-state index contributed by atoms with van der Waals surface area (Å²) in [5, 5.41) is 12.6. The fraction of sp³-hybridized carbons (Fsp3) is 0.556. The second-order valence-electron chi connectivity index (χ2n) is 3.30. The molecule has 4 N–H and O–H groups in total. The highest BCUT2D eigenvalue weighted by Gasteiger charge is 2.05. The number of nitrogens with two attached hydrogens (primary N) is 1. The van der Waals surface area contributed by atoms with Crippen molar-refractivity contribution in [3.63, 3.8) is 0 Å². The summed E-state index contributed by atoms with van der Waals surface area (Å²) in [6, 6.07) is 1.84. The molecule has 5 nitrogen and oxygen atoms in total. The molecule has 0 saturated carbocycles. The highest BCUT2D eigenvalue weighted by atomic mass is 32.2. The Morgan fingerprint density at radius 1 is 1.60 bits per heavy atom. The number of hydrogen-bond acceptors (Lipinski definition) is 6. The normalized spacial score (nSPS) is 12.5. The van der Waals surface area contributed by atoms with Crippen LogP contribution in [0.25, 0.3) is 0 Å². The van der Waals surface area contributed by atoms with Crippen molar-refractivity contribution in [2.75, 3.05) is 30.5 Å². The quantitative estimate of drug-likeness (QED) is 0.511. The van der Waals surface area contributed by atoms with Crippen molar-refractivity contribution >= 4 is 23.5 Å². The van der Waals surface area contributed by atoms with Crippen molar-refractivity contribution in [2.24, 2.45) is 5.92 Å². The Hall–Kier alpha value is -1.01. The van der Waals surface area contributed by atoms with E-state index in [2.05, 4.69) is 15.3 Å². The van der Waals surface area contributed by atoms with E-state index in [9.17, 15) is 0 Å². The van der Waals surface area contributed by atoms with Crippen LogP contribution in [0, 0.1) is 5.92 Å². The molecule has 6 heteroatoms. The van der Waals surface area contributed by atoms with Crippen LogP contribution in [0.4, 0.5) is 11.8 Å². The molecule has 84 valence electrons. The summed E-state index contributed by atoms with van der Waals surface area (Å²) in [5.74, 6) is 2.04. The summed E-state index contributed by atoms with van der Waals surface area (Å²) in [6.45, 7) is 2.17. The zero-order valence-corrected chi connectivity index (χ0v) is 9.71. The SMILES string of the molecule is CNc1cc(SCC(C)CO)nc(N)n1. The Kier molecular flexibility index (Phi) is 4.64. The first kappa shape index (κ1) is 12.1. The number of nitrogens with one attached hydrogen (secondary N) is 1. The summed E-state index contributed by atoms with van der Waals surface area (Å²) in [6.07, 6.45) is 0. The van der Waals surface area contributed by atoms with Gasteiger partial charge < -0.3 is 16.2 Å². The van der Waals surface area contributed by atoms with Gasteiger partial charge in [0, 0.05) is 25.5 Å². The van der Waals surface area contributed by atoms with Crippen molar-refractivity contribution in [3.8, 4) is 0 Å². The molecule has 0 spiro atoms. The van der Waals surface area contributed by atoms with Crippen LogP contribution in [0.5, 0.6) is 0 Å². The van der Waals surface area contributed by atoms with Crippen LogP contribution < -0.4 is 11.1 Å². The lowest BCUT2D eigenvalue weighted by atomic mass is 10.2. The maximum Gasteiger partial charge on any atom is 0.223 e. The van der Waals surface area contributed by atoms with E-state index >= 15 is 0 Å². The van der Waals surface area contributed by atoms with E-state index in [-0.39, 0.29) is 18.5 Å². The van der Waals surface area contributed by atoms with Crippen LogP contribution in [-0.4, -0.2) is 34.5 Å². The van der Waals surface area contributed by atoms with Gasteiger partial charge in [0.25, 0.3) is 0 Å². The zero-order chi connectivity index (χ0) is 11.3. The lowest BCUT2D eigenvalue weighted by Gasteiger charge is -2.08. The average Bonchev–Trinajstić information content (AvgIpc) is 2.25. The molecule has 15 heavy (non-hydrogen) atoms. The van der Waals surface area contributed by atoms with Gasteiger partial charge in [0.05, 0.1) is 0 Å². The fourth-order valence-electron chi connectivity index (χ4n) is 0.925. The van der Waals surface area contributed by atoms with Crippen LogP contribution in [-0.2, 0) is 0 Å². The average molecular weight is 228 g/mol. The first-order valence-electron chi connectivity index (χ1n) is 4.71. The van der Waals surface area contributed by atoms with Crippen LogP contribution in [0.15, 0.2) is 11.1 Å². The smallest absolute Gasteiger partial charge is 0.223 e. The lowest BCUT2D eigenvalue weighted by Crippen LogP contribution is -2.05. The van der Waals surface area contributed by atoms with Gasteiger partial charge in [-0.25, -0.2) is 4.98 Å². The molecule has 0 fully saturated rings. The largest absolute Gasteiger partial charge is 0.396 e. The van der Waals surface area contributed by atoms with Gasteiger partial charge in [-0.15, -0.1) is 11.8 Å². The molecule has 1 unspecified atom stereocenters. The van der Waals surface area contributed by atoms with E-state index in [1.54, 1.807) is 18.8 Å². The Morgan fingerprint density at radius 3 is 2.93 bits per heavy atom. The molecule has 1 aromatic heterocycles. The van der Waals surface area contributed by atoms with E-state index < -0.39 is 0 Å². The molecule has 0 amide bonds. The lowest BCUT2D eigenvalue weighted by molar-refractivity contribution is 0.250. The van der Waals surface area contributed by atoms with Gasteiger partial charge in [0.1, 0.15) is 10.8 Å². The van der Waals surface area contributed by atoms with Crippen molar-refractivity contribution in [3.05, 3.63) is 6.07 Å². The van der Waals surface area contributed by atoms with Crippen molar-refractivity contribution in [2.45, 2.75) is 11.9 Å². The number of aliphatic hydroxyl groups excluding tert-OH is 1. The first-order chi connectivity index (χ1) is 7.15. The second kappa shape index (κ2) is 5.77. The molecule has 1 atom stereocenters. The maximum atomic E-state index is 8.89. The van der Waals surface area contributed by atoms with Crippen LogP contribution >= 0.6 is 11.8 Å². The molecule has 0 saturated heterocycles. The number of rotatable bonds is 5. The Morgan fingerprint density at radius 2 is 2.33 bits per heavy atom. The zero-order valence-electron chi connectivity index (χ0n) is 8.90. The third-order valence-electron chi connectivity index (χ3n) is 1.80. The summed E-state index contributed by atoms with van der Waals surface area (Å²) in [5.41, 5.74) is 5.55. The number of aromatic nitrogens is 2. The van der Waals surface area contributed by atoms with Gasteiger partial charge in [0.15, 0.2) is 0 Å². The monoisotopic (exact) mass is 228 g/mol. The Labute approximate surface area is 93.5 Å². The van der Waals surface area contributed by atoms with Gasteiger partial charge in [-0.2, -0.15) is 4.98 Å². The highest BCUT2D eigenvalue weighted by Crippen LogP contribution is 2.21. The number of aliphatic hydroxyl groups is 1. The minimum atomic E-state index is 0.187. The number of nitrogen functional groups attached to an aromatic ring is 1. The predicted octanol–water partition coefficient (Wildman–Crippen LogP) is 0.821. The summed E-state index contributed by atoms with van der Waals surface area (Å²) >= 11 is 1.57. The molecule has 0 aliphatic heterocycles. The molecule has 0 aliphatic rings. The number of hydrogen-bond donors (Lipinski definition) is 3. The van der Waals surface area contributed by atoms with Gasteiger partial charge in [-0.05, 0) is 5.92 Å². The van der Waals surface area contributed by atoms with Crippen LogP contribution in [0.1, 0.15) is 6.92 Å². The summed E-state index contributed by atoms with van der Waals surface area (Å²) < 4.78 is 0. The molecule has 1 heterocycles. The predicted molar refractivity (Wildman–Crippen MR) is 63.0 cm³/mol. The van der Waals surface area contributed by atoms with E-state index in [4.69, 9.17) is 10.8 Å². The van der Waals surface area contributed by atoms with Crippen LogP contribution in [0.2, 0.25) is 0 Å². The molecule has 0 aromatic carbocycles. The third kappa shape index (κ3) is 3.93. The molecular formula is C9H16N4OS. The second-order valence-corrected chi connectivity index (χ2v) is 4.34. The van der Waals surface area contributed by atoms with Crippen molar-refractivity contribution < 1.29 is 5.11 Å². The minimum absolute atomic E-state index is 0.187. The molecular weight excluding hydrogens is 212 g/mol. The van der Waals surface area contributed by atoms with E-state index in [1.807, 2.05) is 13.0 Å². The minimum Gasteiger partial charge on any atom is -0.396 e. The van der Waals surface area contributed by atoms with Crippen molar-refractivity contribution in [1.82, 2.24) is 9.97 Å². The standard InChI is InChI=1S/C9H16N4OS/c1-6(4-14)5-15-8-3-7(11-2)12-9(10)13-8/h3,6,14H,4-5H2,1-2H3,(H3,10,11,12,13). The summed E-state index contributed by atoms with van der Waals surface area (Å²) in [7, 11) is 1.78. The van der Waals surface area contributed by atoms with Crippen molar-refractivity contribution in [1.29, 1.82) is 0 Å². The number of thioether (sulfide) groups is 1. The van der Waals surface area contributed by atoms with Gasteiger partial charge in [0.2, 0.25) is 5.95 Å². The molecule has 1 rings (SSSR count). The Balaban J connectivity index is 2.64.